The lowest BCUT2D eigenvalue weighted by molar-refractivity contribution is -0.128. The highest BCUT2D eigenvalue weighted by Crippen LogP contribution is 2.25. The van der Waals surface area contributed by atoms with Crippen molar-refractivity contribution < 1.29 is 13.6 Å². The third kappa shape index (κ3) is 2.90. The van der Waals surface area contributed by atoms with Gasteiger partial charge in [0.25, 0.3) is 0 Å². The monoisotopic (exact) mass is 283 g/mol. The number of rotatable bonds is 2. The van der Waals surface area contributed by atoms with Crippen molar-refractivity contribution in [3.8, 4) is 0 Å². The molecule has 1 saturated heterocycles. The van der Waals surface area contributed by atoms with E-state index in [4.69, 9.17) is 5.73 Å². The van der Waals surface area contributed by atoms with Gasteiger partial charge in [0.2, 0.25) is 5.91 Å². The van der Waals surface area contributed by atoms with Gasteiger partial charge in [-0.3, -0.25) is 4.79 Å². The fourth-order valence-corrected chi connectivity index (χ4v) is 2.45. The number of carbonyl (C=O) groups is 1. The number of hydrogen-bond acceptors (Lipinski definition) is 3. The molecular weight excluding hydrogens is 264 g/mol. The molecule has 0 saturated carbocycles. The van der Waals surface area contributed by atoms with Gasteiger partial charge in [-0.2, -0.15) is 0 Å². The zero-order valence-corrected chi connectivity index (χ0v) is 11.5. The number of amides is 1. The van der Waals surface area contributed by atoms with E-state index in [0.717, 1.165) is 6.42 Å². The van der Waals surface area contributed by atoms with Gasteiger partial charge in [-0.25, -0.2) is 8.78 Å². The van der Waals surface area contributed by atoms with Gasteiger partial charge in [0.1, 0.15) is 0 Å². The van der Waals surface area contributed by atoms with E-state index < -0.39 is 11.6 Å². The molecule has 110 valence electrons. The molecule has 0 aromatic heterocycles. The summed E-state index contributed by atoms with van der Waals surface area (Å²) in [4.78, 5) is 14.9. The number of anilines is 1. The highest BCUT2D eigenvalue weighted by Gasteiger charge is 2.21. The van der Waals surface area contributed by atoms with Crippen LogP contribution in [0.2, 0.25) is 0 Å². The molecule has 6 heteroatoms. The fourth-order valence-electron chi connectivity index (χ4n) is 2.45. The molecule has 1 fully saturated rings. The Morgan fingerprint density at radius 1 is 1.20 bits per heavy atom. The average molecular weight is 283 g/mol. The molecule has 1 aliphatic heterocycles. The number of halogens is 2. The molecular formula is C14H19F2N3O. The standard InChI is InChI=1S/C14H19F2N3O/c1-10(20)18-5-2-6-19(8-7-18)12-4-3-11(9-17)13(15)14(12)16/h3-4H,2,5-9,17H2,1H3. The predicted molar refractivity (Wildman–Crippen MR) is 73.3 cm³/mol. The summed E-state index contributed by atoms with van der Waals surface area (Å²) < 4.78 is 27.8. The number of nitrogens with two attached hydrogens (primary N) is 1. The highest BCUT2D eigenvalue weighted by molar-refractivity contribution is 5.73. The first-order chi connectivity index (χ1) is 9.54. The quantitative estimate of drug-likeness (QED) is 0.894. The molecule has 0 radical (unpaired) electrons. The van der Waals surface area contributed by atoms with E-state index in [2.05, 4.69) is 0 Å². The molecule has 0 unspecified atom stereocenters. The van der Waals surface area contributed by atoms with Crippen LogP contribution in [0.4, 0.5) is 14.5 Å². The van der Waals surface area contributed by atoms with Crippen molar-refractivity contribution in [2.45, 2.75) is 19.9 Å². The maximum Gasteiger partial charge on any atom is 0.219 e. The lowest BCUT2D eigenvalue weighted by Crippen LogP contribution is -2.34. The van der Waals surface area contributed by atoms with Gasteiger partial charge in [-0.1, -0.05) is 6.07 Å². The Morgan fingerprint density at radius 3 is 2.60 bits per heavy atom. The van der Waals surface area contributed by atoms with Gasteiger partial charge in [-0.05, 0) is 12.5 Å². The number of hydrogen-bond donors (Lipinski definition) is 1. The molecule has 2 N–H and O–H groups in total. The lowest BCUT2D eigenvalue weighted by Gasteiger charge is -2.24. The van der Waals surface area contributed by atoms with Crippen LogP contribution >= 0.6 is 0 Å². The summed E-state index contributed by atoms with van der Waals surface area (Å²) in [6, 6.07) is 3.07. The third-order valence-electron chi connectivity index (χ3n) is 3.64. The molecule has 20 heavy (non-hydrogen) atoms. The zero-order valence-electron chi connectivity index (χ0n) is 11.5. The van der Waals surface area contributed by atoms with Crippen molar-refractivity contribution in [3.05, 3.63) is 29.3 Å². The van der Waals surface area contributed by atoms with Gasteiger partial charge in [-0.15, -0.1) is 0 Å². The smallest absolute Gasteiger partial charge is 0.219 e. The number of carbonyl (C=O) groups excluding carboxylic acids is 1. The summed E-state index contributed by atoms with van der Waals surface area (Å²) >= 11 is 0. The first kappa shape index (κ1) is 14.7. The Bertz CT molecular complexity index is 507. The molecule has 1 heterocycles. The van der Waals surface area contributed by atoms with Gasteiger partial charge in [0.15, 0.2) is 11.6 Å². The summed E-state index contributed by atoms with van der Waals surface area (Å²) in [7, 11) is 0. The van der Waals surface area contributed by atoms with Gasteiger partial charge < -0.3 is 15.5 Å². The summed E-state index contributed by atoms with van der Waals surface area (Å²) in [5, 5.41) is 0. The van der Waals surface area contributed by atoms with Gasteiger partial charge in [0, 0.05) is 45.2 Å². The van der Waals surface area contributed by atoms with Gasteiger partial charge in [0.05, 0.1) is 5.69 Å². The summed E-state index contributed by atoms with van der Waals surface area (Å²) in [6.45, 7) is 3.76. The van der Waals surface area contributed by atoms with Crippen molar-refractivity contribution >= 4 is 11.6 Å². The Morgan fingerprint density at radius 2 is 1.95 bits per heavy atom. The van der Waals surface area contributed by atoms with Crippen LogP contribution < -0.4 is 10.6 Å². The van der Waals surface area contributed by atoms with Crippen LogP contribution in [0.25, 0.3) is 0 Å². The Kier molecular flexibility index (Phi) is 4.54. The number of nitrogens with zero attached hydrogens (tertiary/aromatic N) is 2. The molecule has 0 spiro atoms. The normalized spacial score (nSPS) is 16.2. The fraction of sp³-hybridized carbons (Fsp3) is 0.500. The molecule has 0 bridgehead atoms. The van der Waals surface area contributed by atoms with Crippen LogP contribution in [-0.4, -0.2) is 37.0 Å². The van der Waals surface area contributed by atoms with Crippen LogP contribution in [0.1, 0.15) is 18.9 Å². The molecule has 1 aliphatic rings. The maximum atomic E-state index is 14.1. The minimum atomic E-state index is -0.877. The van der Waals surface area contributed by atoms with Crippen LogP contribution in [0.15, 0.2) is 12.1 Å². The molecule has 2 rings (SSSR count). The van der Waals surface area contributed by atoms with Crippen LogP contribution in [0.3, 0.4) is 0 Å². The van der Waals surface area contributed by atoms with E-state index in [9.17, 15) is 13.6 Å². The minimum Gasteiger partial charge on any atom is -0.367 e. The van der Waals surface area contributed by atoms with Gasteiger partial charge >= 0.3 is 0 Å². The van der Waals surface area contributed by atoms with Crippen LogP contribution in [-0.2, 0) is 11.3 Å². The largest absolute Gasteiger partial charge is 0.367 e. The zero-order chi connectivity index (χ0) is 14.7. The minimum absolute atomic E-state index is 0.0111. The Labute approximate surface area is 117 Å². The second-order valence-corrected chi connectivity index (χ2v) is 4.92. The average Bonchev–Trinajstić information content (AvgIpc) is 2.67. The Balaban J connectivity index is 2.20. The first-order valence-electron chi connectivity index (χ1n) is 6.72. The number of benzene rings is 1. The van der Waals surface area contributed by atoms with E-state index in [0.29, 0.717) is 26.2 Å². The van der Waals surface area contributed by atoms with Crippen LogP contribution in [0, 0.1) is 11.6 Å². The van der Waals surface area contributed by atoms with E-state index in [1.54, 1.807) is 15.9 Å². The SMILES string of the molecule is CC(=O)N1CCCN(c2ccc(CN)c(F)c2F)CC1. The third-order valence-corrected chi connectivity index (χ3v) is 3.64. The van der Waals surface area contributed by atoms with E-state index in [-0.39, 0.29) is 23.7 Å². The Hall–Kier alpha value is -1.69. The summed E-state index contributed by atoms with van der Waals surface area (Å²) in [5.74, 6) is -1.72. The van der Waals surface area contributed by atoms with E-state index >= 15 is 0 Å². The topological polar surface area (TPSA) is 49.6 Å². The van der Waals surface area contributed by atoms with E-state index in [1.165, 1.54) is 13.0 Å². The van der Waals surface area contributed by atoms with Crippen molar-refractivity contribution in [2.75, 3.05) is 31.1 Å². The van der Waals surface area contributed by atoms with Crippen molar-refractivity contribution in [1.29, 1.82) is 0 Å². The lowest BCUT2D eigenvalue weighted by atomic mass is 10.1. The van der Waals surface area contributed by atoms with Crippen molar-refractivity contribution in [3.63, 3.8) is 0 Å². The van der Waals surface area contributed by atoms with Crippen LogP contribution in [0.5, 0.6) is 0 Å². The predicted octanol–water partition coefficient (Wildman–Crippen LogP) is 1.48. The first-order valence-corrected chi connectivity index (χ1v) is 6.72. The summed E-state index contributed by atoms with van der Waals surface area (Å²) in [6.07, 6.45) is 0.735. The highest BCUT2D eigenvalue weighted by atomic mass is 19.2. The second-order valence-electron chi connectivity index (χ2n) is 4.92. The molecule has 1 aromatic carbocycles. The molecule has 4 nitrogen and oxygen atoms in total. The van der Waals surface area contributed by atoms with E-state index in [1.807, 2.05) is 0 Å². The molecule has 0 atom stereocenters. The summed E-state index contributed by atoms with van der Waals surface area (Å²) in [5.41, 5.74) is 5.77. The molecule has 0 aliphatic carbocycles. The molecule has 1 aromatic rings. The maximum absolute atomic E-state index is 14.1. The van der Waals surface area contributed by atoms with Crippen molar-refractivity contribution in [2.24, 2.45) is 5.73 Å². The second kappa shape index (κ2) is 6.17. The molecule has 1 amide bonds. The van der Waals surface area contributed by atoms with Crippen molar-refractivity contribution in [1.82, 2.24) is 4.90 Å².